The highest BCUT2D eigenvalue weighted by Crippen LogP contribution is 2.35. The number of halogens is 4. The van der Waals surface area contributed by atoms with Crippen molar-refractivity contribution in [3.8, 4) is 5.75 Å². The number of aromatic nitrogens is 1. The number of nitrogens with zero attached hydrogens (tertiary/aromatic N) is 1. The van der Waals surface area contributed by atoms with E-state index in [1.165, 1.54) is 12.1 Å². The Morgan fingerprint density at radius 1 is 1.18 bits per heavy atom. The molecule has 0 aliphatic heterocycles. The smallest absolute Gasteiger partial charge is 0.416 e. The molecule has 0 saturated heterocycles. The van der Waals surface area contributed by atoms with Crippen molar-refractivity contribution in [2.24, 2.45) is 0 Å². The molecule has 0 saturated carbocycles. The highest BCUT2D eigenvalue weighted by atomic mass is 35.5. The second kappa shape index (κ2) is 5.80. The van der Waals surface area contributed by atoms with Gasteiger partial charge in [0.2, 0.25) is 0 Å². The maximum absolute atomic E-state index is 12.5. The van der Waals surface area contributed by atoms with E-state index in [4.69, 9.17) is 16.3 Å². The van der Waals surface area contributed by atoms with Gasteiger partial charge in [0.15, 0.2) is 0 Å². The van der Waals surface area contributed by atoms with Crippen molar-refractivity contribution in [2.45, 2.75) is 31.5 Å². The lowest BCUT2D eigenvalue weighted by atomic mass is 9.94. The summed E-state index contributed by atoms with van der Waals surface area (Å²) in [7, 11) is 0. The zero-order valence-corrected chi connectivity index (χ0v) is 12.3. The fourth-order valence-corrected chi connectivity index (χ4v) is 2.78. The number of aryl methyl sites for hydroxylation is 1. The summed E-state index contributed by atoms with van der Waals surface area (Å²) in [5, 5.41) is 0.578. The van der Waals surface area contributed by atoms with E-state index in [1.807, 2.05) is 6.07 Å². The molecule has 1 aromatic heterocycles. The minimum Gasteiger partial charge on any atom is -0.484 e. The second-order valence-corrected chi connectivity index (χ2v) is 5.66. The van der Waals surface area contributed by atoms with Crippen LogP contribution < -0.4 is 4.74 Å². The standard InChI is InChI=1S/C16H13ClF3NO/c17-12-8-10-2-1-3-14(15(10)21-9-12)22-13-6-4-11(5-7-13)16(18,19)20/h4-9,14H,1-3H2. The van der Waals surface area contributed by atoms with Gasteiger partial charge in [-0.3, -0.25) is 4.98 Å². The first-order valence-corrected chi connectivity index (χ1v) is 7.29. The van der Waals surface area contributed by atoms with Crippen LogP contribution in [0, 0.1) is 0 Å². The Hall–Kier alpha value is -1.75. The van der Waals surface area contributed by atoms with Crippen LogP contribution in [-0.4, -0.2) is 4.98 Å². The van der Waals surface area contributed by atoms with Gasteiger partial charge in [-0.15, -0.1) is 0 Å². The van der Waals surface area contributed by atoms with Gasteiger partial charge in [0.1, 0.15) is 11.9 Å². The highest BCUT2D eigenvalue weighted by Gasteiger charge is 2.30. The first-order valence-electron chi connectivity index (χ1n) is 6.92. The molecule has 0 fully saturated rings. The third-order valence-electron chi connectivity index (χ3n) is 3.65. The van der Waals surface area contributed by atoms with Crippen molar-refractivity contribution >= 4 is 11.6 Å². The molecule has 1 heterocycles. The quantitative estimate of drug-likeness (QED) is 0.755. The molecule has 1 unspecified atom stereocenters. The number of fused-ring (bicyclic) bond motifs is 1. The predicted molar refractivity (Wildman–Crippen MR) is 77.0 cm³/mol. The number of hydrogen-bond donors (Lipinski definition) is 0. The first kappa shape index (κ1) is 15.2. The molecule has 0 N–H and O–H groups in total. The zero-order chi connectivity index (χ0) is 15.7. The summed E-state index contributed by atoms with van der Waals surface area (Å²) in [6.07, 6.45) is -0.431. The van der Waals surface area contributed by atoms with E-state index in [9.17, 15) is 13.2 Å². The lowest BCUT2D eigenvalue weighted by molar-refractivity contribution is -0.137. The fourth-order valence-electron chi connectivity index (χ4n) is 2.60. The van der Waals surface area contributed by atoms with Crippen LogP contribution in [0.1, 0.15) is 35.8 Å². The van der Waals surface area contributed by atoms with Gasteiger partial charge in [0, 0.05) is 6.20 Å². The normalized spacial score (nSPS) is 17.9. The number of hydrogen-bond acceptors (Lipinski definition) is 2. The molecule has 3 rings (SSSR count). The number of ether oxygens (including phenoxy) is 1. The largest absolute Gasteiger partial charge is 0.484 e. The van der Waals surface area contributed by atoms with Crippen molar-refractivity contribution in [3.05, 3.63) is 58.4 Å². The molecule has 0 spiro atoms. The summed E-state index contributed by atoms with van der Waals surface area (Å²) in [5.74, 6) is 0.405. The molecule has 1 aromatic carbocycles. The van der Waals surface area contributed by atoms with E-state index in [0.29, 0.717) is 10.8 Å². The lowest BCUT2D eigenvalue weighted by Gasteiger charge is -2.25. The van der Waals surface area contributed by atoms with Crippen LogP contribution in [0.4, 0.5) is 13.2 Å². The van der Waals surface area contributed by atoms with Gasteiger partial charge in [-0.1, -0.05) is 11.6 Å². The zero-order valence-electron chi connectivity index (χ0n) is 11.5. The van der Waals surface area contributed by atoms with Crippen LogP contribution in [-0.2, 0) is 12.6 Å². The van der Waals surface area contributed by atoms with Crippen LogP contribution in [0.25, 0.3) is 0 Å². The molecular weight excluding hydrogens is 315 g/mol. The van der Waals surface area contributed by atoms with Gasteiger partial charge in [-0.2, -0.15) is 13.2 Å². The Balaban J connectivity index is 1.80. The van der Waals surface area contributed by atoms with Crippen molar-refractivity contribution in [2.75, 3.05) is 0 Å². The van der Waals surface area contributed by atoms with E-state index in [0.717, 1.165) is 42.7 Å². The molecule has 22 heavy (non-hydrogen) atoms. The van der Waals surface area contributed by atoms with Gasteiger partial charge in [0.25, 0.3) is 0 Å². The number of pyridine rings is 1. The summed E-state index contributed by atoms with van der Waals surface area (Å²) in [6.45, 7) is 0. The molecule has 0 bridgehead atoms. The maximum Gasteiger partial charge on any atom is 0.416 e. The first-order chi connectivity index (χ1) is 10.4. The van der Waals surface area contributed by atoms with Gasteiger partial charge in [0.05, 0.1) is 16.3 Å². The van der Waals surface area contributed by atoms with Crippen LogP contribution in [0.3, 0.4) is 0 Å². The average Bonchev–Trinajstić information content (AvgIpc) is 2.47. The summed E-state index contributed by atoms with van der Waals surface area (Å²) in [6, 6.07) is 6.59. The Morgan fingerprint density at radius 2 is 1.91 bits per heavy atom. The van der Waals surface area contributed by atoms with Crippen molar-refractivity contribution in [1.82, 2.24) is 4.98 Å². The summed E-state index contributed by atoms with van der Waals surface area (Å²) >= 11 is 5.93. The molecule has 2 nitrogen and oxygen atoms in total. The van der Waals surface area contributed by atoms with Gasteiger partial charge in [-0.05, 0) is 55.2 Å². The van der Waals surface area contributed by atoms with Crippen LogP contribution >= 0.6 is 11.6 Å². The van der Waals surface area contributed by atoms with E-state index in [1.54, 1.807) is 6.20 Å². The SMILES string of the molecule is FC(F)(F)c1ccc(OC2CCCc3cc(Cl)cnc32)cc1. The van der Waals surface area contributed by atoms with Crippen molar-refractivity contribution < 1.29 is 17.9 Å². The number of benzene rings is 1. The molecule has 0 amide bonds. The summed E-state index contributed by atoms with van der Waals surface area (Å²) in [4.78, 5) is 4.32. The van der Waals surface area contributed by atoms with E-state index in [2.05, 4.69) is 4.98 Å². The van der Waals surface area contributed by atoms with Crippen LogP contribution in [0.2, 0.25) is 5.02 Å². The Labute approximate surface area is 130 Å². The van der Waals surface area contributed by atoms with E-state index in [-0.39, 0.29) is 6.10 Å². The average molecular weight is 328 g/mol. The topological polar surface area (TPSA) is 22.1 Å². The fraction of sp³-hybridized carbons (Fsp3) is 0.312. The molecule has 6 heteroatoms. The molecule has 1 aliphatic rings. The maximum atomic E-state index is 12.5. The molecule has 1 atom stereocenters. The van der Waals surface area contributed by atoms with E-state index >= 15 is 0 Å². The van der Waals surface area contributed by atoms with Crippen molar-refractivity contribution in [3.63, 3.8) is 0 Å². The predicted octanol–water partition coefficient (Wildman–Crippen LogP) is 5.21. The molecule has 2 aromatic rings. The van der Waals surface area contributed by atoms with Crippen LogP contribution in [0.5, 0.6) is 5.75 Å². The van der Waals surface area contributed by atoms with Gasteiger partial charge >= 0.3 is 6.18 Å². The Bertz CT molecular complexity index is 670. The summed E-state index contributed by atoms with van der Waals surface area (Å²) in [5.41, 5.74) is 1.17. The lowest BCUT2D eigenvalue weighted by Crippen LogP contribution is -2.17. The molecule has 116 valence electrons. The number of rotatable bonds is 2. The van der Waals surface area contributed by atoms with Gasteiger partial charge < -0.3 is 4.74 Å². The molecule has 1 aliphatic carbocycles. The third kappa shape index (κ3) is 3.19. The van der Waals surface area contributed by atoms with E-state index < -0.39 is 11.7 Å². The van der Waals surface area contributed by atoms with Gasteiger partial charge in [-0.25, -0.2) is 0 Å². The minimum atomic E-state index is -4.34. The highest BCUT2D eigenvalue weighted by molar-refractivity contribution is 6.30. The minimum absolute atomic E-state index is 0.252. The molecular formula is C16H13ClF3NO. The second-order valence-electron chi connectivity index (χ2n) is 5.22. The third-order valence-corrected chi connectivity index (χ3v) is 3.85. The number of alkyl halides is 3. The molecule has 0 radical (unpaired) electrons. The summed E-state index contributed by atoms with van der Waals surface area (Å²) < 4.78 is 43.5. The van der Waals surface area contributed by atoms with Crippen LogP contribution in [0.15, 0.2) is 36.5 Å². The Morgan fingerprint density at radius 3 is 2.59 bits per heavy atom. The Kier molecular flexibility index (Phi) is 4.00. The van der Waals surface area contributed by atoms with Crippen molar-refractivity contribution in [1.29, 1.82) is 0 Å². The monoisotopic (exact) mass is 327 g/mol.